The molecule has 2 N–H and O–H groups in total. The number of ether oxygens (including phenoxy) is 1. The SMILES string of the molecule is COCC(C)Nc1nc(-c2ccc(NC(=O)c3ccccc3)cc2)cs1. The summed E-state index contributed by atoms with van der Waals surface area (Å²) in [6, 6.07) is 17.0. The second-order valence-electron chi connectivity index (χ2n) is 5.94. The van der Waals surface area contributed by atoms with Crippen LogP contribution >= 0.6 is 11.3 Å². The topological polar surface area (TPSA) is 63.2 Å². The number of carbonyl (C=O) groups excluding carboxylic acids is 1. The first-order chi connectivity index (χ1) is 12.7. The lowest BCUT2D eigenvalue weighted by Crippen LogP contribution is -2.20. The maximum Gasteiger partial charge on any atom is 0.255 e. The van der Waals surface area contributed by atoms with Crippen molar-refractivity contribution in [1.29, 1.82) is 0 Å². The van der Waals surface area contributed by atoms with Gasteiger partial charge in [-0.3, -0.25) is 4.79 Å². The molecule has 1 atom stereocenters. The van der Waals surface area contributed by atoms with Crippen LogP contribution in [0, 0.1) is 0 Å². The highest BCUT2D eigenvalue weighted by molar-refractivity contribution is 7.14. The van der Waals surface area contributed by atoms with Gasteiger partial charge >= 0.3 is 0 Å². The Morgan fingerprint density at radius 3 is 2.58 bits per heavy atom. The van der Waals surface area contributed by atoms with Crippen molar-refractivity contribution in [2.45, 2.75) is 13.0 Å². The van der Waals surface area contributed by atoms with Crippen molar-refractivity contribution >= 4 is 28.1 Å². The summed E-state index contributed by atoms with van der Waals surface area (Å²) in [4.78, 5) is 16.8. The van der Waals surface area contributed by atoms with Crippen LogP contribution in [0.2, 0.25) is 0 Å². The first kappa shape index (κ1) is 18.1. The fraction of sp³-hybridized carbons (Fsp3) is 0.200. The van der Waals surface area contributed by atoms with Gasteiger partial charge in [-0.2, -0.15) is 0 Å². The predicted molar refractivity (Wildman–Crippen MR) is 107 cm³/mol. The lowest BCUT2D eigenvalue weighted by Gasteiger charge is -2.10. The lowest BCUT2D eigenvalue weighted by molar-refractivity contribution is 0.102. The van der Waals surface area contributed by atoms with Gasteiger partial charge in [0.1, 0.15) is 0 Å². The zero-order chi connectivity index (χ0) is 18.4. The molecular weight excluding hydrogens is 346 g/mol. The third-order valence-electron chi connectivity index (χ3n) is 3.77. The summed E-state index contributed by atoms with van der Waals surface area (Å²) in [6.07, 6.45) is 0. The average Bonchev–Trinajstić information content (AvgIpc) is 3.11. The molecule has 3 rings (SSSR count). The monoisotopic (exact) mass is 367 g/mol. The van der Waals surface area contributed by atoms with E-state index in [1.807, 2.05) is 47.8 Å². The maximum absolute atomic E-state index is 12.2. The van der Waals surface area contributed by atoms with Gasteiger partial charge in [-0.25, -0.2) is 4.98 Å². The van der Waals surface area contributed by atoms with Gasteiger partial charge < -0.3 is 15.4 Å². The molecule has 5 nitrogen and oxygen atoms in total. The summed E-state index contributed by atoms with van der Waals surface area (Å²) >= 11 is 1.56. The van der Waals surface area contributed by atoms with Crippen molar-refractivity contribution in [1.82, 2.24) is 4.98 Å². The molecule has 2 aromatic carbocycles. The highest BCUT2D eigenvalue weighted by Crippen LogP contribution is 2.26. The van der Waals surface area contributed by atoms with Gasteiger partial charge in [-0.1, -0.05) is 30.3 Å². The molecule has 1 heterocycles. The molecule has 0 bridgehead atoms. The fourth-order valence-corrected chi connectivity index (χ4v) is 3.32. The van der Waals surface area contributed by atoms with Crippen LogP contribution in [0.15, 0.2) is 60.0 Å². The number of benzene rings is 2. The van der Waals surface area contributed by atoms with Crippen LogP contribution in [0.1, 0.15) is 17.3 Å². The van der Waals surface area contributed by atoms with Gasteiger partial charge in [0.05, 0.1) is 12.3 Å². The Hall–Kier alpha value is -2.70. The van der Waals surface area contributed by atoms with Crippen LogP contribution < -0.4 is 10.6 Å². The van der Waals surface area contributed by atoms with Crippen molar-refractivity contribution in [2.24, 2.45) is 0 Å². The van der Waals surface area contributed by atoms with Crippen LogP contribution in [-0.4, -0.2) is 30.6 Å². The smallest absolute Gasteiger partial charge is 0.255 e. The van der Waals surface area contributed by atoms with E-state index in [0.29, 0.717) is 12.2 Å². The van der Waals surface area contributed by atoms with Crippen molar-refractivity contribution in [3.8, 4) is 11.3 Å². The number of thiazole rings is 1. The van der Waals surface area contributed by atoms with Crippen molar-refractivity contribution < 1.29 is 9.53 Å². The van der Waals surface area contributed by atoms with Gasteiger partial charge in [-0.15, -0.1) is 11.3 Å². The number of methoxy groups -OCH3 is 1. The summed E-state index contributed by atoms with van der Waals surface area (Å²) in [7, 11) is 1.68. The minimum Gasteiger partial charge on any atom is -0.383 e. The van der Waals surface area contributed by atoms with E-state index in [0.717, 1.165) is 22.1 Å². The normalized spacial score (nSPS) is 11.8. The number of hydrogen-bond acceptors (Lipinski definition) is 5. The van der Waals surface area contributed by atoms with Gasteiger partial charge in [0.2, 0.25) is 0 Å². The van der Waals surface area contributed by atoms with E-state index in [1.165, 1.54) is 0 Å². The van der Waals surface area contributed by atoms with Crippen LogP contribution in [-0.2, 0) is 4.74 Å². The number of hydrogen-bond donors (Lipinski definition) is 2. The van der Waals surface area contributed by atoms with E-state index in [-0.39, 0.29) is 11.9 Å². The summed E-state index contributed by atoms with van der Waals surface area (Å²) < 4.78 is 5.12. The first-order valence-corrected chi connectivity index (χ1v) is 9.21. The Morgan fingerprint density at radius 2 is 1.88 bits per heavy atom. The van der Waals surface area contributed by atoms with E-state index >= 15 is 0 Å². The van der Waals surface area contributed by atoms with E-state index in [2.05, 4.69) is 22.5 Å². The molecule has 0 saturated heterocycles. The highest BCUT2D eigenvalue weighted by Gasteiger charge is 2.09. The quantitative estimate of drug-likeness (QED) is 0.645. The van der Waals surface area contributed by atoms with E-state index in [1.54, 1.807) is 30.6 Å². The lowest BCUT2D eigenvalue weighted by atomic mass is 10.1. The third kappa shape index (κ3) is 4.68. The average molecular weight is 367 g/mol. The van der Waals surface area contributed by atoms with Crippen molar-refractivity contribution in [2.75, 3.05) is 24.4 Å². The standard InChI is InChI=1S/C20H21N3O2S/c1-14(12-25-2)21-20-23-18(13-26-20)15-8-10-17(11-9-15)22-19(24)16-6-4-3-5-7-16/h3-11,13-14H,12H2,1-2H3,(H,21,23)(H,22,24). The van der Waals surface area contributed by atoms with E-state index in [4.69, 9.17) is 4.74 Å². The minimum absolute atomic E-state index is 0.120. The molecule has 0 aliphatic carbocycles. The zero-order valence-corrected chi connectivity index (χ0v) is 15.5. The van der Waals surface area contributed by atoms with Crippen LogP contribution in [0.3, 0.4) is 0 Å². The molecule has 0 aliphatic rings. The number of anilines is 2. The van der Waals surface area contributed by atoms with Gasteiger partial charge in [0.15, 0.2) is 5.13 Å². The van der Waals surface area contributed by atoms with Crippen LogP contribution in [0.5, 0.6) is 0 Å². The van der Waals surface area contributed by atoms with Crippen LogP contribution in [0.4, 0.5) is 10.8 Å². The summed E-state index contributed by atoms with van der Waals surface area (Å²) in [5.41, 5.74) is 3.30. The Bertz CT molecular complexity index is 847. The molecule has 0 aliphatic heterocycles. The minimum atomic E-state index is -0.120. The molecule has 1 unspecified atom stereocenters. The van der Waals surface area contributed by atoms with Crippen LogP contribution in [0.25, 0.3) is 11.3 Å². The fourth-order valence-electron chi connectivity index (χ4n) is 2.49. The number of nitrogens with zero attached hydrogens (tertiary/aromatic N) is 1. The summed E-state index contributed by atoms with van der Waals surface area (Å²) in [5, 5.41) is 9.09. The molecule has 0 fully saturated rings. The van der Waals surface area contributed by atoms with Gasteiger partial charge in [0.25, 0.3) is 5.91 Å². The molecule has 0 radical (unpaired) electrons. The summed E-state index contributed by atoms with van der Waals surface area (Å²) in [6.45, 7) is 2.68. The molecule has 1 amide bonds. The van der Waals surface area contributed by atoms with Crippen molar-refractivity contribution in [3.05, 3.63) is 65.5 Å². The number of rotatable bonds is 7. The number of nitrogens with one attached hydrogen (secondary N) is 2. The molecular formula is C20H21N3O2S. The number of amides is 1. The molecule has 6 heteroatoms. The largest absolute Gasteiger partial charge is 0.383 e. The Kier molecular flexibility index (Phi) is 5.99. The van der Waals surface area contributed by atoms with Crippen molar-refractivity contribution in [3.63, 3.8) is 0 Å². The molecule has 134 valence electrons. The van der Waals surface area contributed by atoms with E-state index in [9.17, 15) is 4.79 Å². The summed E-state index contributed by atoms with van der Waals surface area (Å²) in [5.74, 6) is -0.120. The molecule has 26 heavy (non-hydrogen) atoms. The molecule has 3 aromatic rings. The van der Waals surface area contributed by atoms with Gasteiger partial charge in [-0.05, 0) is 31.2 Å². The second-order valence-corrected chi connectivity index (χ2v) is 6.79. The second kappa shape index (κ2) is 8.60. The Balaban J connectivity index is 1.64. The first-order valence-electron chi connectivity index (χ1n) is 8.33. The Labute approximate surface area is 157 Å². The molecule has 0 spiro atoms. The zero-order valence-electron chi connectivity index (χ0n) is 14.7. The number of carbonyl (C=O) groups is 1. The van der Waals surface area contributed by atoms with E-state index < -0.39 is 0 Å². The number of aromatic nitrogens is 1. The predicted octanol–water partition coefficient (Wildman–Crippen LogP) is 4.51. The molecule has 1 aromatic heterocycles. The van der Waals surface area contributed by atoms with Gasteiger partial charge in [0, 0.05) is 35.3 Å². The maximum atomic E-state index is 12.2. The highest BCUT2D eigenvalue weighted by atomic mass is 32.1. The molecule has 0 saturated carbocycles. The Morgan fingerprint density at radius 1 is 1.15 bits per heavy atom. The third-order valence-corrected chi connectivity index (χ3v) is 4.54.